The molecule has 0 heterocycles. The van der Waals surface area contributed by atoms with E-state index in [1.807, 2.05) is 13.0 Å². The Morgan fingerprint density at radius 3 is 2.42 bits per heavy atom. The Morgan fingerprint density at radius 2 is 1.89 bits per heavy atom. The molecule has 19 heavy (non-hydrogen) atoms. The SMILES string of the molecule is CCC(CC)C(C)NS(=O)(=O)c1cccc(CN)c1. The number of nitrogens with one attached hydrogen (secondary N) is 1. The number of hydrogen-bond donors (Lipinski definition) is 2. The molecule has 4 nitrogen and oxygen atoms in total. The zero-order chi connectivity index (χ0) is 14.5. The van der Waals surface area contributed by atoms with E-state index >= 15 is 0 Å². The predicted molar refractivity (Wildman–Crippen MR) is 78.2 cm³/mol. The second kappa shape index (κ2) is 7.03. The molecule has 0 saturated carbocycles. The number of sulfonamides is 1. The second-order valence-corrected chi connectivity index (χ2v) is 6.55. The molecule has 0 spiro atoms. The van der Waals surface area contributed by atoms with Crippen LogP contribution in [0.4, 0.5) is 0 Å². The monoisotopic (exact) mass is 284 g/mol. The minimum absolute atomic E-state index is 0.0680. The van der Waals surface area contributed by atoms with E-state index in [9.17, 15) is 8.42 Å². The van der Waals surface area contributed by atoms with Crippen LogP contribution in [0.5, 0.6) is 0 Å². The standard InChI is InChI=1S/C14H24N2O2S/c1-4-13(5-2)11(3)16-19(17,18)14-8-6-7-12(9-14)10-15/h6-9,11,13,16H,4-5,10,15H2,1-3H3. The molecule has 1 unspecified atom stereocenters. The van der Waals surface area contributed by atoms with Gasteiger partial charge in [-0.25, -0.2) is 13.1 Å². The first-order valence-electron chi connectivity index (χ1n) is 6.75. The third-order valence-corrected chi connectivity index (χ3v) is 5.10. The first-order valence-corrected chi connectivity index (χ1v) is 8.24. The summed E-state index contributed by atoms with van der Waals surface area (Å²) < 4.78 is 27.3. The summed E-state index contributed by atoms with van der Waals surface area (Å²) in [6, 6.07) is 6.70. The molecule has 0 fully saturated rings. The number of hydrogen-bond acceptors (Lipinski definition) is 3. The molecule has 5 heteroatoms. The van der Waals surface area contributed by atoms with Crippen LogP contribution in [0.2, 0.25) is 0 Å². The van der Waals surface area contributed by atoms with Crippen LogP contribution in [0.3, 0.4) is 0 Å². The maximum atomic E-state index is 12.3. The molecule has 1 rings (SSSR count). The lowest BCUT2D eigenvalue weighted by Gasteiger charge is -2.22. The lowest BCUT2D eigenvalue weighted by atomic mass is 9.96. The van der Waals surface area contributed by atoms with Gasteiger partial charge in [0.05, 0.1) is 4.90 Å². The van der Waals surface area contributed by atoms with E-state index in [1.165, 1.54) is 0 Å². The van der Waals surface area contributed by atoms with Gasteiger partial charge >= 0.3 is 0 Å². The molecule has 1 aromatic carbocycles. The molecule has 0 aliphatic rings. The van der Waals surface area contributed by atoms with E-state index in [1.54, 1.807) is 18.2 Å². The Balaban J connectivity index is 2.91. The molecule has 1 atom stereocenters. The van der Waals surface area contributed by atoms with E-state index in [4.69, 9.17) is 5.73 Å². The van der Waals surface area contributed by atoms with Crippen molar-refractivity contribution in [3.8, 4) is 0 Å². The summed E-state index contributed by atoms with van der Waals surface area (Å²) in [5.74, 6) is 0.354. The van der Waals surface area contributed by atoms with E-state index in [-0.39, 0.29) is 10.9 Å². The fraction of sp³-hybridized carbons (Fsp3) is 0.571. The molecular formula is C14H24N2O2S. The first-order chi connectivity index (χ1) is 8.94. The van der Waals surface area contributed by atoms with Crippen LogP contribution in [0.15, 0.2) is 29.2 Å². The van der Waals surface area contributed by atoms with Crippen LogP contribution >= 0.6 is 0 Å². The van der Waals surface area contributed by atoms with Crippen molar-refractivity contribution in [1.29, 1.82) is 0 Å². The minimum atomic E-state index is -3.46. The average molecular weight is 284 g/mol. The smallest absolute Gasteiger partial charge is 0.240 e. The topological polar surface area (TPSA) is 72.2 Å². The van der Waals surface area contributed by atoms with E-state index in [2.05, 4.69) is 18.6 Å². The van der Waals surface area contributed by atoms with Crippen molar-refractivity contribution < 1.29 is 8.42 Å². The lowest BCUT2D eigenvalue weighted by Crippen LogP contribution is -2.37. The van der Waals surface area contributed by atoms with Gasteiger partial charge in [0.25, 0.3) is 0 Å². The van der Waals surface area contributed by atoms with Crippen molar-refractivity contribution in [3.63, 3.8) is 0 Å². The number of nitrogens with two attached hydrogens (primary N) is 1. The van der Waals surface area contributed by atoms with Crippen molar-refractivity contribution >= 4 is 10.0 Å². The van der Waals surface area contributed by atoms with Gasteiger partial charge in [0.1, 0.15) is 0 Å². The summed E-state index contributed by atoms with van der Waals surface area (Å²) in [4.78, 5) is 0.285. The van der Waals surface area contributed by atoms with Gasteiger partial charge < -0.3 is 5.73 Å². The van der Waals surface area contributed by atoms with Crippen molar-refractivity contribution in [2.75, 3.05) is 0 Å². The minimum Gasteiger partial charge on any atom is -0.326 e. The molecule has 1 aromatic rings. The Labute approximate surface area is 116 Å². The maximum absolute atomic E-state index is 12.3. The zero-order valence-corrected chi connectivity index (χ0v) is 12.7. The summed E-state index contributed by atoms with van der Waals surface area (Å²) in [5.41, 5.74) is 6.36. The van der Waals surface area contributed by atoms with Gasteiger partial charge in [-0.2, -0.15) is 0 Å². The van der Waals surface area contributed by atoms with Gasteiger partial charge in [-0.3, -0.25) is 0 Å². The Bertz CT molecular complexity index is 496. The summed E-state index contributed by atoms with van der Waals surface area (Å²) in [6.07, 6.45) is 1.92. The van der Waals surface area contributed by atoms with Crippen LogP contribution < -0.4 is 10.5 Å². The largest absolute Gasteiger partial charge is 0.326 e. The summed E-state index contributed by atoms with van der Waals surface area (Å²) >= 11 is 0. The van der Waals surface area contributed by atoms with Gasteiger partial charge in [-0.05, 0) is 30.5 Å². The highest BCUT2D eigenvalue weighted by Crippen LogP contribution is 2.17. The molecule has 0 bridgehead atoms. The quantitative estimate of drug-likeness (QED) is 0.806. The van der Waals surface area contributed by atoms with Gasteiger partial charge in [0.2, 0.25) is 10.0 Å². The molecule has 0 aromatic heterocycles. The van der Waals surface area contributed by atoms with Crippen molar-refractivity contribution in [2.45, 2.75) is 51.1 Å². The third kappa shape index (κ3) is 4.30. The van der Waals surface area contributed by atoms with Gasteiger partial charge in [-0.1, -0.05) is 38.8 Å². The van der Waals surface area contributed by atoms with Crippen LogP contribution in [0.25, 0.3) is 0 Å². The van der Waals surface area contributed by atoms with E-state index < -0.39 is 10.0 Å². The summed E-state index contributed by atoms with van der Waals surface area (Å²) in [6.45, 7) is 6.41. The average Bonchev–Trinajstić information content (AvgIpc) is 2.39. The third-order valence-electron chi connectivity index (χ3n) is 3.54. The first kappa shape index (κ1) is 16.1. The number of benzene rings is 1. The van der Waals surface area contributed by atoms with E-state index in [0.717, 1.165) is 18.4 Å². The molecule has 0 amide bonds. The van der Waals surface area contributed by atoms with Gasteiger partial charge in [0.15, 0.2) is 0 Å². The molecular weight excluding hydrogens is 260 g/mol. The van der Waals surface area contributed by atoms with Gasteiger partial charge in [-0.15, -0.1) is 0 Å². The van der Waals surface area contributed by atoms with Crippen LogP contribution in [0.1, 0.15) is 39.2 Å². The van der Waals surface area contributed by atoms with Crippen LogP contribution in [-0.2, 0) is 16.6 Å². The van der Waals surface area contributed by atoms with Crippen LogP contribution in [0, 0.1) is 5.92 Å². The maximum Gasteiger partial charge on any atom is 0.240 e. The Hall–Kier alpha value is -0.910. The van der Waals surface area contributed by atoms with Crippen molar-refractivity contribution in [2.24, 2.45) is 11.7 Å². The molecule has 0 radical (unpaired) electrons. The van der Waals surface area contributed by atoms with Crippen molar-refractivity contribution in [3.05, 3.63) is 29.8 Å². The second-order valence-electron chi connectivity index (χ2n) is 4.84. The normalized spacial score (nSPS) is 13.7. The molecule has 0 saturated heterocycles. The Morgan fingerprint density at radius 1 is 1.26 bits per heavy atom. The summed E-state index contributed by atoms with van der Waals surface area (Å²) in [7, 11) is -3.46. The molecule has 108 valence electrons. The lowest BCUT2D eigenvalue weighted by molar-refractivity contribution is 0.390. The highest BCUT2D eigenvalue weighted by atomic mass is 32.2. The van der Waals surface area contributed by atoms with Crippen LogP contribution in [-0.4, -0.2) is 14.5 Å². The van der Waals surface area contributed by atoms with E-state index in [0.29, 0.717) is 12.5 Å². The van der Waals surface area contributed by atoms with Crippen molar-refractivity contribution in [1.82, 2.24) is 4.72 Å². The van der Waals surface area contributed by atoms with Gasteiger partial charge in [0, 0.05) is 12.6 Å². The zero-order valence-electron chi connectivity index (χ0n) is 11.9. The molecule has 0 aliphatic heterocycles. The molecule has 3 N–H and O–H groups in total. The highest BCUT2D eigenvalue weighted by Gasteiger charge is 2.21. The Kier molecular flexibility index (Phi) is 5.97. The fourth-order valence-electron chi connectivity index (χ4n) is 2.24. The summed E-state index contributed by atoms with van der Waals surface area (Å²) in [5, 5.41) is 0. The number of rotatable bonds is 7. The fourth-order valence-corrected chi connectivity index (χ4v) is 3.63. The highest BCUT2D eigenvalue weighted by molar-refractivity contribution is 7.89. The predicted octanol–water partition coefficient (Wildman–Crippen LogP) is 2.25. The molecule has 0 aliphatic carbocycles.